The van der Waals surface area contributed by atoms with Crippen LogP contribution in [0.4, 0.5) is 5.69 Å². The molecule has 23 heavy (non-hydrogen) atoms. The molecule has 2 rings (SSSR count). The molecule has 1 aromatic rings. The number of piperidine rings is 1. The van der Waals surface area contributed by atoms with Gasteiger partial charge in [-0.25, -0.2) is 13.6 Å². The topological polar surface area (TPSA) is 127 Å². The van der Waals surface area contributed by atoms with Crippen molar-refractivity contribution in [1.29, 1.82) is 0 Å². The monoisotopic (exact) mass is 343 g/mol. The first-order chi connectivity index (χ1) is 10.8. The second kappa shape index (κ2) is 7.35. The van der Waals surface area contributed by atoms with Crippen LogP contribution in [0, 0.1) is 10.1 Å². The van der Waals surface area contributed by atoms with Crippen LogP contribution < -0.4 is 5.14 Å². The molecule has 1 atom stereocenters. The molecule has 0 aliphatic carbocycles. The Morgan fingerprint density at radius 1 is 1.39 bits per heavy atom. The Bertz CT molecular complexity index is 675. The van der Waals surface area contributed by atoms with Crippen LogP contribution in [0.2, 0.25) is 0 Å². The fraction of sp³-hybridized carbons (Fsp3) is 0.571. The molecule has 1 heterocycles. The lowest BCUT2D eigenvalue weighted by Gasteiger charge is -2.35. The molecule has 0 saturated carbocycles. The Morgan fingerprint density at radius 2 is 2.13 bits per heavy atom. The summed E-state index contributed by atoms with van der Waals surface area (Å²) in [7, 11) is -3.98. The van der Waals surface area contributed by atoms with E-state index in [0.717, 1.165) is 31.9 Å². The van der Waals surface area contributed by atoms with Gasteiger partial charge >= 0.3 is 0 Å². The number of nitro groups is 1. The number of primary sulfonamides is 1. The van der Waals surface area contributed by atoms with Crippen LogP contribution in [-0.4, -0.2) is 42.5 Å². The molecule has 1 aliphatic heterocycles. The molecule has 1 aliphatic rings. The summed E-state index contributed by atoms with van der Waals surface area (Å²) in [6.45, 7) is 1.23. The number of nitro benzene ring substituents is 1. The van der Waals surface area contributed by atoms with E-state index in [4.69, 9.17) is 10.2 Å². The van der Waals surface area contributed by atoms with Crippen molar-refractivity contribution >= 4 is 15.7 Å². The second-order valence-electron chi connectivity index (χ2n) is 5.73. The first-order valence-electron chi connectivity index (χ1n) is 7.48. The minimum absolute atomic E-state index is 0.0770. The number of hydrogen-bond donors (Lipinski definition) is 2. The molecule has 0 bridgehead atoms. The summed E-state index contributed by atoms with van der Waals surface area (Å²) in [5, 5.41) is 25.5. The van der Waals surface area contributed by atoms with E-state index >= 15 is 0 Å². The molecule has 1 fully saturated rings. The Morgan fingerprint density at radius 3 is 2.74 bits per heavy atom. The first kappa shape index (κ1) is 17.8. The van der Waals surface area contributed by atoms with Crippen LogP contribution >= 0.6 is 0 Å². The van der Waals surface area contributed by atoms with Gasteiger partial charge in [-0.1, -0.05) is 6.42 Å². The Balaban J connectivity index is 2.29. The van der Waals surface area contributed by atoms with Gasteiger partial charge in [-0.3, -0.25) is 15.0 Å². The number of aliphatic hydroxyl groups excluding tert-OH is 1. The molecule has 1 unspecified atom stereocenters. The van der Waals surface area contributed by atoms with Crippen molar-refractivity contribution in [2.24, 2.45) is 5.14 Å². The molecule has 1 aromatic carbocycles. The molecule has 1 saturated heterocycles. The average molecular weight is 343 g/mol. The molecule has 0 spiro atoms. The number of aliphatic hydroxyl groups is 1. The fourth-order valence-corrected chi connectivity index (χ4v) is 3.52. The van der Waals surface area contributed by atoms with Crippen LogP contribution in [0.25, 0.3) is 0 Å². The van der Waals surface area contributed by atoms with E-state index in [-0.39, 0.29) is 23.2 Å². The van der Waals surface area contributed by atoms with E-state index in [2.05, 4.69) is 4.90 Å². The quantitative estimate of drug-likeness (QED) is 0.585. The number of nitrogens with two attached hydrogens (primary N) is 1. The molecular formula is C14H21N3O5S. The minimum atomic E-state index is -3.98. The third kappa shape index (κ3) is 4.47. The fourth-order valence-electron chi connectivity index (χ4n) is 2.99. The zero-order valence-corrected chi connectivity index (χ0v) is 13.5. The lowest BCUT2D eigenvalue weighted by atomic mass is 9.98. The average Bonchev–Trinajstić information content (AvgIpc) is 2.48. The maximum Gasteiger partial charge on any atom is 0.275 e. The largest absolute Gasteiger partial charge is 0.396 e. The van der Waals surface area contributed by atoms with Crippen molar-refractivity contribution < 1.29 is 18.4 Å². The van der Waals surface area contributed by atoms with E-state index < -0.39 is 14.9 Å². The van der Waals surface area contributed by atoms with Gasteiger partial charge in [-0.05, 0) is 37.9 Å². The summed E-state index contributed by atoms with van der Waals surface area (Å²) in [5.74, 6) is 0. The highest BCUT2D eigenvalue weighted by Crippen LogP contribution is 2.27. The van der Waals surface area contributed by atoms with Gasteiger partial charge in [0.1, 0.15) is 0 Å². The molecule has 0 radical (unpaired) electrons. The number of benzene rings is 1. The van der Waals surface area contributed by atoms with Crippen molar-refractivity contribution in [2.75, 3.05) is 13.2 Å². The van der Waals surface area contributed by atoms with Crippen molar-refractivity contribution in [3.05, 3.63) is 33.9 Å². The second-order valence-corrected chi connectivity index (χ2v) is 7.29. The summed E-state index contributed by atoms with van der Waals surface area (Å²) < 4.78 is 22.7. The first-order valence-corrected chi connectivity index (χ1v) is 9.02. The zero-order chi connectivity index (χ0) is 17.0. The molecular weight excluding hydrogens is 322 g/mol. The number of likely N-dealkylation sites (tertiary alicyclic amines) is 1. The molecule has 8 nitrogen and oxygen atoms in total. The lowest BCUT2D eigenvalue weighted by Crippen LogP contribution is -2.39. The van der Waals surface area contributed by atoms with E-state index in [1.54, 1.807) is 0 Å². The van der Waals surface area contributed by atoms with Gasteiger partial charge in [0, 0.05) is 30.8 Å². The third-order valence-corrected chi connectivity index (χ3v) is 5.08. The maximum absolute atomic E-state index is 11.4. The van der Waals surface area contributed by atoms with Crippen molar-refractivity contribution in [2.45, 2.75) is 43.2 Å². The summed E-state index contributed by atoms with van der Waals surface area (Å²) in [6.07, 6.45) is 3.66. The lowest BCUT2D eigenvalue weighted by molar-refractivity contribution is -0.386. The van der Waals surface area contributed by atoms with Crippen LogP contribution in [-0.2, 0) is 16.6 Å². The minimum Gasteiger partial charge on any atom is -0.396 e. The van der Waals surface area contributed by atoms with E-state index in [0.29, 0.717) is 18.5 Å². The Hall–Kier alpha value is -1.55. The highest BCUT2D eigenvalue weighted by Gasteiger charge is 2.26. The highest BCUT2D eigenvalue weighted by molar-refractivity contribution is 7.89. The third-order valence-electron chi connectivity index (χ3n) is 4.17. The van der Waals surface area contributed by atoms with Crippen molar-refractivity contribution in [1.82, 2.24) is 4.90 Å². The van der Waals surface area contributed by atoms with Crippen LogP contribution in [0.1, 0.15) is 31.2 Å². The van der Waals surface area contributed by atoms with Crippen LogP contribution in [0.3, 0.4) is 0 Å². The highest BCUT2D eigenvalue weighted by atomic mass is 32.2. The van der Waals surface area contributed by atoms with Gasteiger partial charge in [-0.2, -0.15) is 0 Å². The number of sulfonamides is 1. The van der Waals surface area contributed by atoms with E-state index in [1.807, 2.05) is 0 Å². The van der Waals surface area contributed by atoms with Gasteiger partial charge < -0.3 is 5.11 Å². The van der Waals surface area contributed by atoms with Crippen LogP contribution in [0.5, 0.6) is 0 Å². The van der Waals surface area contributed by atoms with Gasteiger partial charge in [0.2, 0.25) is 10.0 Å². The smallest absolute Gasteiger partial charge is 0.275 e. The van der Waals surface area contributed by atoms with Gasteiger partial charge in [0.25, 0.3) is 5.69 Å². The Kier molecular flexibility index (Phi) is 5.69. The molecule has 0 aromatic heterocycles. The standard InChI is InChI=1S/C14H21N3O5S/c15-23(21,22)13-5-4-11(14(9-13)17(19)20)10-16-7-2-1-3-12(16)6-8-18/h4-5,9,12,18H,1-3,6-8,10H2,(H2,15,21,22). The summed E-state index contributed by atoms with van der Waals surface area (Å²) in [6, 6.07) is 3.94. The van der Waals surface area contributed by atoms with Gasteiger partial charge in [0.15, 0.2) is 0 Å². The van der Waals surface area contributed by atoms with E-state index in [9.17, 15) is 18.5 Å². The summed E-state index contributed by atoms with van der Waals surface area (Å²) in [5.41, 5.74) is 0.206. The molecule has 9 heteroatoms. The predicted octanol–water partition coefficient (Wildman–Crippen LogP) is 0.979. The maximum atomic E-state index is 11.4. The number of hydrogen-bond acceptors (Lipinski definition) is 6. The summed E-state index contributed by atoms with van der Waals surface area (Å²) >= 11 is 0. The van der Waals surface area contributed by atoms with Gasteiger partial charge in [-0.15, -0.1) is 0 Å². The van der Waals surface area contributed by atoms with Crippen molar-refractivity contribution in [3.63, 3.8) is 0 Å². The Labute approximate surface area is 135 Å². The van der Waals surface area contributed by atoms with Gasteiger partial charge in [0.05, 0.1) is 9.82 Å². The zero-order valence-electron chi connectivity index (χ0n) is 12.7. The molecule has 3 N–H and O–H groups in total. The SMILES string of the molecule is NS(=O)(=O)c1ccc(CN2CCCCC2CCO)c([N+](=O)[O-])c1. The summed E-state index contributed by atoms with van der Waals surface area (Å²) in [4.78, 5) is 12.5. The number of rotatable bonds is 6. The van der Waals surface area contributed by atoms with Crippen LogP contribution in [0.15, 0.2) is 23.1 Å². The molecule has 128 valence electrons. The number of nitrogens with zero attached hydrogens (tertiary/aromatic N) is 2. The normalized spacial score (nSPS) is 19.7. The molecule has 0 amide bonds. The van der Waals surface area contributed by atoms with E-state index in [1.165, 1.54) is 12.1 Å². The predicted molar refractivity (Wildman–Crippen MR) is 84.2 cm³/mol. The van der Waals surface area contributed by atoms with Crippen molar-refractivity contribution in [3.8, 4) is 0 Å².